The molecule has 0 bridgehead atoms. The van der Waals surface area contributed by atoms with E-state index in [1.54, 1.807) is 0 Å². The van der Waals surface area contributed by atoms with E-state index in [2.05, 4.69) is 0 Å². The molecular weight excluding hydrogens is 184 g/mol. The van der Waals surface area contributed by atoms with Crippen molar-refractivity contribution in [2.45, 2.75) is 11.8 Å². The molecule has 13 heavy (non-hydrogen) atoms. The lowest BCUT2D eigenvalue weighted by molar-refractivity contribution is -0.131. The van der Waals surface area contributed by atoms with E-state index >= 15 is 0 Å². The molecule has 0 aromatic heterocycles. The number of carbonyl (C=O) groups is 1. The van der Waals surface area contributed by atoms with E-state index in [-0.39, 0.29) is 5.97 Å². The maximum absolute atomic E-state index is 10.6. The molecule has 2 nitrogen and oxygen atoms in total. The predicted molar refractivity (Wildman–Crippen MR) is 53.1 cm³/mol. The van der Waals surface area contributed by atoms with Gasteiger partial charge >= 0.3 is 5.97 Å². The molecule has 1 aromatic carbocycles. The van der Waals surface area contributed by atoms with Gasteiger partial charge in [-0.2, -0.15) is 0 Å². The Morgan fingerprint density at radius 1 is 1.31 bits per heavy atom. The molecule has 1 aliphatic rings. The minimum atomic E-state index is -0.262. The molecule has 0 N–H and O–H groups in total. The molecule has 0 aliphatic carbocycles. The maximum Gasteiger partial charge on any atom is 0.308 e. The SMILES string of the molecule is CC(=O)Oc1ccc([S+]2CC2)cc1. The van der Waals surface area contributed by atoms with Crippen LogP contribution in [0.25, 0.3) is 0 Å². The van der Waals surface area contributed by atoms with Gasteiger partial charge in [-0.3, -0.25) is 4.79 Å². The van der Waals surface area contributed by atoms with Crippen LogP contribution in [-0.2, 0) is 15.7 Å². The van der Waals surface area contributed by atoms with Crippen molar-refractivity contribution in [1.29, 1.82) is 0 Å². The lowest BCUT2D eigenvalue weighted by atomic mass is 10.3. The second-order valence-corrected chi connectivity index (χ2v) is 5.24. The van der Waals surface area contributed by atoms with Gasteiger partial charge in [0.2, 0.25) is 0 Å². The highest BCUT2D eigenvalue weighted by molar-refractivity contribution is 8.03. The molecule has 68 valence electrons. The topological polar surface area (TPSA) is 26.3 Å². The highest BCUT2D eigenvalue weighted by Gasteiger charge is 2.36. The van der Waals surface area contributed by atoms with Crippen LogP contribution in [0.3, 0.4) is 0 Å². The average Bonchev–Trinajstić information content (AvgIpc) is 2.87. The van der Waals surface area contributed by atoms with Crippen LogP contribution in [0, 0.1) is 0 Å². The molecule has 1 aromatic rings. The van der Waals surface area contributed by atoms with Crippen molar-refractivity contribution < 1.29 is 9.53 Å². The molecule has 3 heteroatoms. The molecule has 2 rings (SSSR count). The van der Waals surface area contributed by atoms with Crippen molar-refractivity contribution in [3.8, 4) is 5.75 Å². The minimum absolute atomic E-state index is 0.262. The standard InChI is InChI=1S/C10H11O2S/c1-8(11)12-9-2-4-10(5-3-9)13-6-7-13/h2-5H,6-7H2,1H3/q+1. The van der Waals surface area contributed by atoms with Crippen LogP contribution in [0.4, 0.5) is 0 Å². The molecular formula is C10H11O2S+. The number of hydrogen-bond donors (Lipinski definition) is 0. The molecule has 0 unspecified atom stereocenters. The van der Waals surface area contributed by atoms with E-state index in [1.807, 2.05) is 24.3 Å². The summed E-state index contributed by atoms with van der Waals surface area (Å²) in [5.74, 6) is 3.03. The summed E-state index contributed by atoms with van der Waals surface area (Å²) in [7, 11) is 0.510. The monoisotopic (exact) mass is 195 g/mol. The quantitative estimate of drug-likeness (QED) is 0.310. The van der Waals surface area contributed by atoms with Crippen LogP contribution >= 0.6 is 0 Å². The zero-order valence-corrected chi connectivity index (χ0v) is 8.26. The first-order chi connectivity index (χ1) is 6.25. The van der Waals surface area contributed by atoms with Crippen molar-refractivity contribution in [2.24, 2.45) is 0 Å². The van der Waals surface area contributed by atoms with Gasteiger partial charge in [-0.05, 0) is 24.3 Å². The molecule has 0 amide bonds. The fraction of sp³-hybridized carbons (Fsp3) is 0.300. The summed E-state index contributed by atoms with van der Waals surface area (Å²) in [4.78, 5) is 12.0. The van der Waals surface area contributed by atoms with Crippen LogP contribution in [-0.4, -0.2) is 17.5 Å². The van der Waals surface area contributed by atoms with Crippen molar-refractivity contribution in [2.75, 3.05) is 11.5 Å². The van der Waals surface area contributed by atoms with Gasteiger partial charge in [-0.15, -0.1) is 0 Å². The van der Waals surface area contributed by atoms with Crippen molar-refractivity contribution in [3.63, 3.8) is 0 Å². The zero-order valence-electron chi connectivity index (χ0n) is 7.45. The highest BCUT2D eigenvalue weighted by atomic mass is 32.2. The summed E-state index contributed by atoms with van der Waals surface area (Å²) in [6.07, 6.45) is 0. The molecule has 0 radical (unpaired) electrons. The van der Waals surface area contributed by atoms with E-state index in [9.17, 15) is 4.79 Å². The lowest BCUT2D eigenvalue weighted by Gasteiger charge is -1.98. The average molecular weight is 195 g/mol. The fourth-order valence-corrected chi connectivity index (χ4v) is 2.47. The first-order valence-corrected chi connectivity index (χ1v) is 5.78. The molecule has 1 saturated heterocycles. The Hall–Kier alpha value is -0.960. The van der Waals surface area contributed by atoms with Gasteiger partial charge in [0.05, 0.1) is 0 Å². The van der Waals surface area contributed by atoms with Gasteiger partial charge in [-0.1, -0.05) is 0 Å². The molecule has 1 fully saturated rings. The van der Waals surface area contributed by atoms with Gasteiger partial charge in [0.15, 0.2) is 16.4 Å². The first-order valence-electron chi connectivity index (χ1n) is 4.22. The minimum Gasteiger partial charge on any atom is -0.427 e. The molecule has 1 heterocycles. The number of ether oxygens (including phenoxy) is 1. The highest BCUT2D eigenvalue weighted by Crippen LogP contribution is 2.26. The van der Waals surface area contributed by atoms with Crippen molar-refractivity contribution in [3.05, 3.63) is 24.3 Å². The third-order valence-electron chi connectivity index (χ3n) is 1.83. The molecule has 0 saturated carbocycles. The predicted octanol–water partition coefficient (Wildman–Crippen LogP) is 1.60. The second kappa shape index (κ2) is 3.42. The van der Waals surface area contributed by atoms with E-state index < -0.39 is 0 Å². The Labute approximate surface area is 80.3 Å². The van der Waals surface area contributed by atoms with Crippen LogP contribution in [0.2, 0.25) is 0 Å². The normalized spacial score (nSPS) is 15.5. The molecule has 0 atom stereocenters. The number of rotatable bonds is 2. The Bertz CT molecular complexity index is 314. The van der Waals surface area contributed by atoms with Crippen molar-refractivity contribution in [1.82, 2.24) is 0 Å². The Morgan fingerprint density at radius 3 is 2.38 bits per heavy atom. The number of hydrogen-bond acceptors (Lipinski definition) is 2. The van der Waals surface area contributed by atoms with Crippen molar-refractivity contribution >= 4 is 16.9 Å². The fourth-order valence-electron chi connectivity index (χ4n) is 1.14. The molecule has 0 spiro atoms. The number of esters is 1. The summed E-state index contributed by atoms with van der Waals surface area (Å²) in [6.45, 7) is 1.41. The van der Waals surface area contributed by atoms with Crippen LogP contribution in [0.5, 0.6) is 5.75 Å². The first kappa shape index (κ1) is 8.63. The van der Waals surface area contributed by atoms with Crippen LogP contribution < -0.4 is 4.74 Å². The smallest absolute Gasteiger partial charge is 0.308 e. The summed E-state index contributed by atoms with van der Waals surface area (Å²) < 4.78 is 4.93. The summed E-state index contributed by atoms with van der Waals surface area (Å²) >= 11 is 0. The van der Waals surface area contributed by atoms with Crippen LogP contribution in [0.1, 0.15) is 6.92 Å². The summed E-state index contributed by atoms with van der Waals surface area (Å²) in [5, 5.41) is 0. The van der Waals surface area contributed by atoms with E-state index in [0.717, 1.165) is 0 Å². The third kappa shape index (κ3) is 2.25. The Kier molecular flexibility index (Phi) is 2.27. The zero-order chi connectivity index (χ0) is 9.26. The number of benzene rings is 1. The van der Waals surface area contributed by atoms with E-state index in [1.165, 1.54) is 23.3 Å². The van der Waals surface area contributed by atoms with E-state index in [0.29, 0.717) is 16.6 Å². The van der Waals surface area contributed by atoms with Gasteiger partial charge in [0.25, 0.3) is 0 Å². The third-order valence-corrected chi connectivity index (χ3v) is 3.58. The summed E-state index contributed by atoms with van der Waals surface area (Å²) in [5.41, 5.74) is 0. The largest absolute Gasteiger partial charge is 0.427 e. The summed E-state index contributed by atoms with van der Waals surface area (Å²) in [6, 6.07) is 7.83. The maximum atomic E-state index is 10.6. The van der Waals surface area contributed by atoms with Gasteiger partial charge in [0, 0.05) is 17.8 Å². The Morgan fingerprint density at radius 2 is 1.92 bits per heavy atom. The molecule has 1 aliphatic heterocycles. The van der Waals surface area contributed by atoms with E-state index in [4.69, 9.17) is 4.74 Å². The van der Waals surface area contributed by atoms with Gasteiger partial charge in [-0.25, -0.2) is 0 Å². The Balaban J connectivity index is 2.08. The lowest BCUT2D eigenvalue weighted by Crippen LogP contribution is -2.00. The van der Waals surface area contributed by atoms with Gasteiger partial charge in [0.1, 0.15) is 5.75 Å². The second-order valence-electron chi connectivity index (χ2n) is 2.97. The van der Waals surface area contributed by atoms with Gasteiger partial charge < -0.3 is 4.74 Å². The number of carbonyl (C=O) groups excluding carboxylic acids is 1. The van der Waals surface area contributed by atoms with Crippen LogP contribution in [0.15, 0.2) is 29.2 Å².